The molecule has 0 saturated heterocycles. The average Bonchev–Trinajstić information content (AvgIpc) is 2.54. The maximum Gasteiger partial charge on any atom is 0.0850 e. The van der Waals surface area contributed by atoms with Crippen molar-refractivity contribution in [3.8, 4) is 0 Å². The van der Waals surface area contributed by atoms with Gasteiger partial charge < -0.3 is 10.6 Å². The molecule has 0 atom stereocenters. The van der Waals surface area contributed by atoms with Gasteiger partial charge in [-0.05, 0) is 24.6 Å². The van der Waals surface area contributed by atoms with Gasteiger partial charge >= 0.3 is 0 Å². The largest absolute Gasteiger partial charge is 0.366 e. The second kappa shape index (κ2) is 4.00. The monoisotopic (exact) mass is 164 g/mol. The van der Waals surface area contributed by atoms with Gasteiger partial charge in [-0.25, -0.2) is 0 Å². The molecular weight excluding hydrogens is 148 g/mol. The van der Waals surface area contributed by atoms with Gasteiger partial charge in [0.25, 0.3) is 0 Å². The number of anilines is 2. The summed E-state index contributed by atoms with van der Waals surface area (Å²) in [5, 5.41) is 6.45. The molecule has 1 aliphatic heterocycles. The van der Waals surface area contributed by atoms with Crippen LogP contribution in [0.3, 0.4) is 0 Å². The van der Waals surface area contributed by atoms with E-state index in [1.165, 1.54) is 16.9 Å². The highest BCUT2D eigenvalue weighted by Crippen LogP contribution is 2.26. The summed E-state index contributed by atoms with van der Waals surface area (Å²) in [6.45, 7) is 6.96. The number of rotatable bonds is 0. The van der Waals surface area contributed by atoms with Gasteiger partial charge in [0, 0.05) is 0 Å². The van der Waals surface area contributed by atoms with Crippen molar-refractivity contribution in [2.75, 3.05) is 17.3 Å². The van der Waals surface area contributed by atoms with Gasteiger partial charge in [0.05, 0.1) is 18.0 Å². The van der Waals surface area contributed by atoms with E-state index in [1.54, 1.807) is 0 Å². The third-order valence-electron chi connectivity index (χ3n) is 1.73. The van der Waals surface area contributed by atoms with Crippen LogP contribution >= 0.6 is 0 Å². The maximum absolute atomic E-state index is 3.23. The first-order chi connectivity index (χ1) is 5.86. The van der Waals surface area contributed by atoms with Crippen LogP contribution < -0.4 is 10.6 Å². The zero-order valence-corrected chi connectivity index (χ0v) is 7.94. The van der Waals surface area contributed by atoms with Crippen LogP contribution in [0.15, 0.2) is 18.2 Å². The molecule has 1 heterocycles. The first-order valence-electron chi connectivity index (χ1n) is 4.45. The van der Waals surface area contributed by atoms with Crippen LogP contribution in [-0.4, -0.2) is 6.67 Å². The highest BCUT2D eigenvalue weighted by molar-refractivity contribution is 5.73. The quantitative estimate of drug-likeness (QED) is 0.616. The van der Waals surface area contributed by atoms with Crippen molar-refractivity contribution in [1.29, 1.82) is 0 Å². The Balaban J connectivity index is 0.000000336. The van der Waals surface area contributed by atoms with E-state index in [1.807, 2.05) is 13.8 Å². The smallest absolute Gasteiger partial charge is 0.0850 e. The lowest BCUT2D eigenvalue weighted by molar-refractivity contribution is 1.31. The van der Waals surface area contributed by atoms with Gasteiger partial charge in [-0.2, -0.15) is 0 Å². The molecule has 2 heteroatoms. The fourth-order valence-electron chi connectivity index (χ4n) is 1.19. The van der Waals surface area contributed by atoms with Gasteiger partial charge in [0.1, 0.15) is 0 Å². The van der Waals surface area contributed by atoms with Crippen molar-refractivity contribution in [2.24, 2.45) is 0 Å². The van der Waals surface area contributed by atoms with E-state index < -0.39 is 0 Å². The van der Waals surface area contributed by atoms with Crippen molar-refractivity contribution in [2.45, 2.75) is 20.8 Å². The second-order valence-electron chi connectivity index (χ2n) is 2.58. The fourth-order valence-corrected chi connectivity index (χ4v) is 1.19. The third-order valence-corrected chi connectivity index (χ3v) is 1.73. The molecule has 0 fully saturated rings. The Morgan fingerprint density at radius 3 is 2.50 bits per heavy atom. The molecule has 2 N–H and O–H groups in total. The minimum Gasteiger partial charge on any atom is -0.366 e. The molecule has 0 radical (unpaired) electrons. The van der Waals surface area contributed by atoms with Crippen LogP contribution in [0.2, 0.25) is 0 Å². The lowest BCUT2D eigenvalue weighted by atomic mass is 10.2. The topological polar surface area (TPSA) is 24.1 Å². The summed E-state index contributed by atoms with van der Waals surface area (Å²) in [4.78, 5) is 0. The summed E-state index contributed by atoms with van der Waals surface area (Å²) < 4.78 is 0. The average molecular weight is 164 g/mol. The summed E-state index contributed by atoms with van der Waals surface area (Å²) in [5.74, 6) is 0. The highest BCUT2D eigenvalue weighted by Gasteiger charge is 2.06. The summed E-state index contributed by atoms with van der Waals surface area (Å²) >= 11 is 0. The molecule has 1 aromatic rings. The van der Waals surface area contributed by atoms with Gasteiger partial charge in [-0.3, -0.25) is 0 Å². The molecular formula is C10H16N2. The normalized spacial score (nSPS) is 11.9. The summed E-state index contributed by atoms with van der Waals surface area (Å²) in [6.07, 6.45) is 0. The van der Waals surface area contributed by atoms with Crippen molar-refractivity contribution in [3.63, 3.8) is 0 Å². The van der Waals surface area contributed by atoms with Crippen LogP contribution in [0.4, 0.5) is 11.4 Å². The van der Waals surface area contributed by atoms with E-state index in [4.69, 9.17) is 0 Å². The molecule has 0 aliphatic carbocycles. The molecule has 0 bridgehead atoms. The van der Waals surface area contributed by atoms with E-state index >= 15 is 0 Å². The molecule has 2 nitrogen and oxygen atoms in total. The number of fused-ring (bicyclic) bond motifs is 1. The van der Waals surface area contributed by atoms with Crippen LogP contribution in [0.1, 0.15) is 19.4 Å². The fraction of sp³-hybridized carbons (Fsp3) is 0.400. The van der Waals surface area contributed by atoms with E-state index in [9.17, 15) is 0 Å². The van der Waals surface area contributed by atoms with Crippen LogP contribution in [0, 0.1) is 6.92 Å². The lowest BCUT2D eigenvalue weighted by Crippen LogP contribution is -1.98. The summed E-state index contributed by atoms with van der Waals surface area (Å²) in [5.41, 5.74) is 3.74. The van der Waals surface area contributed by atoms with Crippen molar-refractivity contribution in [3.05, 3.63) is 23.8 Å². The Morgan fingerprint density at radius 1 is 1.08 bits per heavy atom. The number of hydrogen-bond donors (Lipinski definition) is 2. The standard InChI is InChI=1S/C8H10N2.C2H6/c1-6-2-3-7-8(4-6)10-5-9-7;1-2/h2-4,9-10H,5H2,1H3;1-2H3. The number of benzene rings is 1. The van der Waals surface area contributed by atoms with Crippen LogP contribution in [-0.2, 0) is 0 Å². The number of nitrogens with one attached hydrogen (secondary N) is 2. The zero-order valence-electron chi connectivity index (χ0n) is 7.94. The molecule has 0 aromatic heterocycles. The molecule has 0 spiro atoms. The van der Waals surface area contributed by atoms with E-state index in [0.29, 0.717) is 0 Å². The maximum atomic E-state index is 3.23. The molecule has 0 saturated carbocycles. The first kappa shape index (κ1) is 8.91. The van der Waals surface area contributed by atoms with E-state index in [-0.39, 0.29) is 0 Å². The Kier molecular flexibility index (Phi) is 2.97. The number of aryl methyl sites for hydroxylation is 1. The van der Waals surface area contributed by atoms with Crippen LogP contribution in [0.25, 0.3) is 0 Å². The van der Waals surface area contributed by atoms with Gasteiger partial charge in [-0.15, -0.1) is 0 Å². The first-order valence-corrected chi connectivity index (χ1v) is 4.45. The van der Waals surface area contributed by atoms with Crippen molar-refractivity contribution in [1.82, 2.24) is 0 Å². The van der Waals surface area contributed by atoms with Crippen LogP contribution in [0.5, 0.6) is 0 Å². The molecule has 66 valence electrons. The van der Waals surface area contributed by atoms with Crippen molar-refractivity contribution >= 4 is 11.4 Å². The van der Waals surface area contributed by atoms with Crippen molar-refractivity contribution < 1.29 is 0 Å². The molecule has 1 aliphatic rings. The third kappa shape index (κ3) is 1.70. The summed E-state index contributed by atoms with van der Waals surface area (Å²) in [7, 11) is 0. The summed E-state index contributed by atoms with van der Waals surface area (Å²) in [6, 6.07) is 6.36. The molecule has 0 unspecified atom stereocenters. The Bertz CT molecular complexity index is 256. The van der Waals surface area contributed by atoms with Gasteiger partial charge in [-0.1, -0.05) is 19.9 Å². The predicted octanol–water partition coefficient (Wildman–Crippen LogP) is 2.82. The minimum absolute atomic E-state index is 0.860. The lowest BCUT2D eigenvalue weighted by Gasteiger charge is -1.97. The Hall–Kier alpha value is -1.18. The molecule has 12 heavy (non-hydrogen) atoms. The Morgan fingerprint density at radius 2 is 1.75 bits per heavy atom. The molecule has 0 amide bonds. The SMILES string of the molecule is CC.Cc1ccc2c(c1)NCN2. The highest BCUT2D eigenvalue weighted by atomic mass is 15.1. The molecule has 2 rings (SSSR count). The number of hydrogen-bond acceptors (Lipinski definition) is 2. The van der Waals surface area contributed by atoms with E-state index in [2.05, 4.69) is 35.8 Å². The Labute approximate surface area is 74.0 Å². The van der Waals surface area contributed by atoms with Gasteiger partial charge in [0.2, 0.25) is 0 Å². The van der Waals surface area contributed by atoms with Gasteiger partial charge in [0.15, 0.2) is 0 Å². The zero-order chi connectivity index (χ0) is 8.97. The van der Waals surface area contributed by atoms with E-state index in [0.717, 1.165) is 6.67 Å². The minimum atomic E-state index is 0.860. The molecule has 1 aromatic carbocycles. The predicted molar refractivity (Wildman–Crippen MR) is 54.6 cm³/mol. The second-order valence-corrected chi connectivity index (χ2v) is 2.58.